The van der Waals surface area contributed by atoms with Gasteiger partial charge in [0.1, 0.15) is 11.8 Å². The lowest BCUT2D eigenvalue weighted by Gasteiger charge is -2.12. The van der Waals surface area contributed by atoms with Gasteiger partial charge >= 0.3 is 6.18 Å². The zero-order valence-electron chi connectivity index (χ0n) is 14.2. The maximum atomic E-state index is 12.7. The van der Waals surface area contributed by atoms with Gasteiger partial charge in [0.05, 0.1) is 11.3 Å². The van der Waals surface area contributed by atoms with Crippen LogP contribution in [-0.4, -0.2) is 17.0 Å². The summed E-state index contributed by atoms with van der Waals surface area (Å²) in [7, 11) is 0. The van der Waals surface area contributed by atoms with E-state index in [0.29, 0.717) is 5.76 Å². The third-order valence-electron chi connectivity index (χ3n) is 3.33. The van der Waals surface area contributed by atoms with Gasteiger partial charge in [0.2, 0.25) is 11.8 Å². The number of rotatable bonds is 4. The van der Waals surface area contributed by atoms with Crippen molar-refractivity contribution < 1.29 is 22.5 Å². The summed E-state index contributed by atoms with van der Waals surface area (Å²) in [6, 6.07) is 5.62. The lowest BCUT2D eigenvalue weighted by atomic mass is 9.93. The molecule has 0 amide bonds. The van der Waals surface area contributed by atoms with Crippen molar-refractivity contribution in [3.63, 3.8) is 0 Å². The van der Waals surface area contributed by atoms with Crippen LogP contribution in [0.2, 0.25) is 0 Å². The van der Waals surface area contributed by atoms with Gasteiger partial charge in [-0.05, 0) is 18.2 Å². The van der Waals surface area contributed by atoms with E-state index in [1.807, 2.05) is 20.8 Å². The number of azo groups is 1. The number of carbonyl (C=O) groups excluding carboxylic acids is 1. The first-order valence-corrected chi connectivity index (χ1v) is 7.51. The Morgan fingerprint density at radius 1 is 1.27 bits per heavy atom. The number of carbonyl (C=O) groups is 1. The topological polar surface area (TPSA) is 91.6 Å². The molecule has 0 fully saturated rings. The summed E-state index contributed by atoms with van der Waals surface area (Å²) in [5.41, 5.74) is -1.50. The summed E-state index contributed by atoms with van der Waals surface area (Å²) in [5.74, 6) is -0.296. The first kappa shape index (κ1) is 19.3. The van der Waals surface area contributed by atoms with Crippen molar-refractivity contribution in [3.8, 4) is 6.07 Å². The molecule has 1 aromatic heterocycles. The normalized spacial score (nSPS) is 13.6. The molecule has 9 heteroatoms. The number of Topliss-reactive ketones (excluding diaryl/α,β-unsaturated/α-hetero) is 1. The number of hydrogen-bond acceptors (Lipinski definition) is 6. The maximum Gasteiger partial charge on any atom is 0.416 e. The molecule has 0 aliphatic carbocycles. The van der Waals surface area contributed by atoms with Gasteiger partial charge in [0, 0.05) is 11.5 Å². The molecule has 0 aliphatic heterocycles. The molecule has 1 heterocycles. The Labute approximate surface area is 147 Å². The van der Waals surface area contributed by atoms with Gasteiger partial charge in [-0.25, -0.2) is 0 Å². The monoisotopic (exact) mass is 364 g/mol. The standard InChI is InChI=1S/C17H15F3N4O2/c1-16(2,3)14-8-12(24-26-14)15(25)13(9-21)23-22-11-6-4-5-10(7-11)17(18,19)20/h4-8,13H,1-3H3. The van der Waals surface area contributed by atoms with Crippen LogP contribution in [0.25, 0.3) is 0 Å². The third-order valence-corrected chi connectivity index (χ3v) is 3.33. The Morgan fingerprint density at radius 3 is 2.50 bits per heavy atom. The van der Waals surface area contributed by atoms with E-state index in [-0.39, 0.29) is 16.8 Å². The third kappa shape index (κ3) is 4.53. The molecular weight excluding hydrogens is 349 g/mol. The van der Waals surface area contributed by atoms with E-state index >= 15 is 0 Å². The fourth-order valence-corrected chi connectivity index (χ4v) is 1.89. The van der Waals surface area contributed by atoms with Crippen LogP contribution in [0.15, 0.2) is 45.1 Å². The Bertz CT molecular complexity index is 873. The van der Waals surface area contributed by atoms with Crippen LogP contribution in [0.4, 0.5) is 18.9 Å². The quantitative estimate of drug-likeness (QED) is 0.573. The van der Waals surface area contributed by atoms with Gasteiger partial charge in [-0.3, -0.25) is 4.79 Å². The number of nitriles is 1. The second kappa shape index (κ2) is 7.07. The first-order chi connectivity index (χ1) is 12.0. The highest BCUT2D eigenvalue weighted by molar-refractivity contribution is 6.00. The fraction of sp³-hybridized carbons (Fsp3) is 0.353. The Kier molecular flexibility index (Phi) is 5.25. The van der Waals surface area contributed by atoms with Crippen molar-refractivity contribution in [2.24, 2.45) is 10.2 Å². The van der Waals surface area contributed by atoms with Crippen molar-refractivity contribution in [3.05, 3.63) is 47.3 Å². The average Bonchev–Trinajstić information content (AvgIpc) is 3.05. The zero-order valence-corrected chi connectivity index (χ0v) is 14.2. The minimum atomic E-state index is -4.53. The highest BCUT2D eigenvalue weighted by Crippen LogP contribution is 2.31. The summed E-state index contributed by atoms with van der Waals surface area (Å²) >= 11 is 0. The van der Waals surface area contributed by atoms with E-state index in [2.05, 4.69) is 15.4 Å². The lowest BCUT2D eigenvalue weighted by molar-refractivity contribution is -0.137. The summed E-state index contributed by atoms with van der Waals surface area (Å²) in [6.07, 6.45) is -4.53. The molecule has 0 saturated heterocycles. The predicted molar refractivity (Wildman–Crippen MR) is 84.9 cm³/mol. The molecule has 0 spiro atoms. The number of benzene rings is 1. The van der Waals surface area contributed by atoms with Crippen LogP contribution < -0.4 is 0 Å². The minimum Gasteiger partial charge on any atom is -0.360 e. The molecule has 6 nitrogen and oxygen atoms in total. The second-order valence-corrected chi connectivity index (χ2v) is 6.49. The second-order valence-electron chi connectivity index (χ2n) is 6.49. The molecule has 136 valence electrons. The number of nitrogens with zero attached hydrogens (tertiary/aromatic N) is 4. The molecule has 2 rings (SSSR count). The van der Waals surface area contributed by atoms with Crippen molar-refractivity contribution in [2.75, 3.05) is 0 Å². The molecule has 1 unspecified atom stereocenters. The van der Waals surface area contributed by atoms with Crippen molar-refractivity contribution in [1.82, 2.24) is 5.16 Å². The summed E-state index contributed by atoms with van der Waals surface area (Å²) in [4.78, 5) is 12.3. The Morgan fingerprint density at radius 2 is 1.96 bits per heavy atom. The van der Waals surface area contributed by atoms with Crippen LogP contribution in [-0.2, 0) is 11.6 Å². The van der Waals surface area contributed by atoms with E-state index < -0.39 is 23.6 Å². The van der Waals surface area contributed by atoms with Gasteiger partial charge in [-0.15, -0.1) is 0 Å². The maximum absolute atomic E-state index is 12.7. The van der Waals surface area contributed by atoms with Crippen LogP contribution in [0.1, 0.15) is 42.6 Å². The van der Waals surface area contributed by atoms with Gasteiger partial charge in [0.15, 0.2) is 5.69 Å². The number of alkyl halides is 3. The van der Waals surface area contributed by atoms with Gasteiger partial charge in [-0.2, -0.15) is 28.7 Å². The van der Waals surface area contributed by atoms with Gasteiger partial charge in [0.25, 0.3) is 0 Å². The highest BCUT2D eigenvalue weighted by atomic mass is 19.4. The van der Waals surface area contributed by atoms with E-state index in [1.165, 1.54) is 12.1 Å². The van der Waals surface area contributed by atoms with Crippen molar-refractivity contribution >= 4 is 11.5 Å². The van der Waals surface area contributed by atoms with Crippen molar-refractivity contribution in [1.29, 1.82) is 5.26 Å². The SMILES string of the molecule is CC(C)(C)c1cc(C(=O)C(C#N)N=Nc2cccc(C(F)(F)F)c2)no1. The first-order valence-electron chi connectivity index (χ1n) is 7.51. The molecule has 0 saturated carbocycles. The predicted octanol–water partition coefficient (Wildman–Crippen LogP) is 4.85. The van der Waals surface area contributed by atoms with E-state index in [1.54, 1.807) is 6.07 Å². The van der Waals surface area contributed by atoms with E-state index in [4.69, 9.17) is 9.78 Å². The van der Waals surface area contributed by atoms with Gasteiger partial charge in [-0.1, -0.05) is 32.0 Å². The Balaban J connectivity index is 2.22. The Hall–Kier alpha value is -3.02. The zero-order chi connectivity index (χ0) is 19.5. The van der Waals surface area contributed by atoms with Crippen LogP contribution in [0, 0.1) is 11.3 Å². The molecule has 0 radical (unpaired) electrons. The average molecular weight is 364 g/mol. The summed E-state index contributed by atoms with van der Waals surface area (Å²) < 4.78 is 43.1. The van der Waals surface area contributed by atoms with Gasteiger partial charge < -0.3 is 4.52 Å². The highest BCUT2D eigenvalue weighted by Gasteiger charge is 2.30. The smallest absolute Gasteiger partial charge is 0.360 e. The van der Waals surface area contributed by atoms with Crippen molar-refractivity contribution in [2.45, 2.75) is 38.4 Å². The fourth-order valence-electron chi connectivity index (χ4n) is 1.89. The molecule has 1 aromatic carbocycles. The van der Waals surface area contributed by atoms with Crippen LogP contribution in [0.5, 0.6) is 0 Å². The molecule has 2 aromatic rings. The van der Waals surface area contributed by atoms with Crippen LogP contribution >= 0.6 is 0 Å². The molecule has 0 N–H and O–H groups in total. The summed E-state index contributed by atoms with van der Waals surface area (Å²) in [5, 5.41) is 19.9. The number of hydrogen-bond donors (Lipinski definition) is 0. The molecule has 1 atom stereocenters. The number of ketones is 1. The lowest BCUT2D eigenvalue weighted by Crippen LogP contribution is -2.16. The van der Waals surface area contributed by atoms with Crippen LogP contribution in [0.3, 0.4) is 0 Å². The number of halogens is 3. The minimum absolute atomic E-state index is 0.0931. The van der Waals surface area contributed by atoms with E-state index in [0.717, 1.165) is 18.2 Å². The molecule has 0 aliphatic rings. The molecular formula is C17H15F3N4O2. The molecule has 26 heavy (non-hydrogen) atoms. The molecule has 0 bridgehead atoms. The largest absolute Gasteiger partial charge is 0.416 e. The number of aromatic nitrogens is 1. The van der Waals surface area contributed by atoms with E-state index in [9.17, 15) is 18.0 Å². The summed E-state index contributed by atoms with van der Waals surface area (Å²) in [6.45, 7) is 5.57.